The number of fused-ring (bicyclic) bond motifs is 3. The average molecular weight is 501 g/mol. The molecule has 0 heterocycles. The average Bonchev–Trinajstić information content (AvgIpc) is 3.30. The summed E-state index contributed by atoms with van der Waals surface area (Å²) in [7, 11) is 0. The fourth-order valence-corrected chi connectivity index (χ4v) is 5.94. The molecular formula is C39H32. The van der Waals surface area contributed by atoms with Crippen molar-refractivity contribution in [3.05, 3.63) is 191 Å². The highest BCUT2D eigenvalue weighted by molar-refractivity contribution is 5.86. The van der Waals surface area contributed by atoms with E-state index in [0.29, 0.717) is 0 Å². The SMILES string of the molecule is Cc1ccc(-c2ccccc2)cc1.Cc1ccc2c(c1)-c1ccccc1C2(c1ccccc1)c1ccccc1. The van der Waals surface area contributed by atoms with E-state index in [1.807, 2.05) is 6.07 Å². The van der Waals surface area contributed by atoms with Crippen molar-refractivity contribution in [1.82, 2.24) is 0 Å². The van der Waals surface area contributed by atoms with Gasteiger partial charge in [-0.1, -0.05) is 169 Å². The van der Waals surface area contributed by atoms with Gasteiger partial charge in [0.25, 0.3) is 0 Å². The lowest BCUT2D eigenvalue weighted by atomic mass is 9.68. The van der Waals surface area contributed by atoms with Crippen LogP contribution in [-0.2, 0) is 5.41 Å². The lowest BCUT2D eigenvalue weighted by Crippen LogP contribution is -2.28. The third-order valence-corrected chi connectivity index (χ3v) is 7.77. The molecule has 7 rings (SSSR count). The van der Waals surface area contributed by atoms with Gasteiger partial charge in [-0.3, -0.25) is 0 Å². The van der Waals surface area contributed by atoms with Crippen LogP contribution < -0.4 is 0 Å². The van der Waals surface area contributed by atoms with Crippen LogP contribution in [0.25, 0.3) is 22.3 Å². The first-order chi connectivity index (χ1) is 19.2. The van der Waals surface area contributed by atoms with Crippen LogP contribution in [0.4, 0.5) is 0 Å². The van der Waals surface area contributed by atoms with E-state index in [4.69, 9.17) is 0 Å². The van der Waals surface area contributed by atoms with Crippen LogP contribution in [0.2, 0.25) is 0 Å². The van der Waals surface area contributed by atoms with E-state index >= 15 is 0 Å². The molecule has 0 saturated heterocycles. The predicted molar refractivity (Wildman–Crippen MR) is 165 cm³/mol. The molecule has 188 valence electrons. The molecule has 0 radical (unpaired) electrons. The van der Waals surface area contributed by atoms with Crippen molar-refractivity contribution in [2.75, 3.05) is 0 Å². The zero-order valence-corrected chi connectivity index (χ0v) is 22.5. The van der Waals surface area contributed by atoms with Gasteiger partial charge in [0.05, 0.1) is 5.41 Å². The Morgan fingerprint density at radius 3 is 1.44 bits per heavy atom. The number of hydrogen-bond donors (Lipinski definition) is 0. The van der Waals surface area contributed by atoms with Gasteiger partial charge in [-0.25, -0.2) is 0 Å². The maximum absolute atomic E-state index is 2.34. The summed E-state index contributed by atoms with van der Waals surface area (Å²) in [5, 5.41) is 0. The molecule has 1 aliphatic rings. The zero-order valence-electron chi connectivity index (χ0n) is 22.5. The highest BCUT2D eigenvalue weighted by Crippen LogP contribution is 2.56. The van der Waals surface area contributed by atoms with Crippen molar-refractivity contribution in [2.24, 2.45) is 0 Å². The van der Waals surface area contributed by atoms with E-state index in [2.05, 4.69) is 166 Å². The molecule has 0 N–H and O–H groups in total. The van der Waals surface area contributed by atoms with Crippen LogP contribution in [-0.4, -0.2) is 0 Å². The minimum absolute atomic E-state index is 0.262. The molecule has 0 aliphatic heterocycles. The molecule has 6 aromatic rings. The third-order valence-electron chi connectivity index (χ3n) is 7.77. The van der Waals surface area contributed by atoms with Crippen LogP contribution >= 0.6 is 0 Å². The maximum atomic E-state index is 2.34. The number of benzene rings is 6. The number of hydrogen-bond acceptors (Lipinski definition) is 0. The Bertz CT molecular complexity index is 1640. The zero-order chi connectivity index (χ0) is 26.7. The van der Waals surface area contributed by atoms with Crippen molar-refractivity contribution < 1.29 is 0 Å². The van der Waals surface area contributed by atoms with Crippen molar-refractivity contribution >= 4 is 0 Å². The van der Waals surface area contributed by atoms with Gasteiger partial charge in [0, 0.05) is 0 Å². The van der Waals surface area contributed by atoms with Crippen LogP contribution in [0.15, 0.2) is 158 Å². The minimum atomic E-state index is -0.262. The summed E-state index contributed by atoms with van der Waals surface area (Å²) >= 11 is 0. The van der Waals surface area contributed by atoms with Crippen LogP contribution in [0, 0.1) is 13.8 Å². The van der Waals surface area contributed by atoms with Gasteiger partial charge in [0.2, 0.25) is 0 Å². The molecule has 0 nitrogen and oxygen atoms in total. The monoisotopic (exact) mass is 500 g/mol. The Morgan fingerprint density at radius 2 is 0.821 bits per heavy atom. The van der Waals surface area contributed by atoms with E-state index in [-0.39, 0.29) is 5.41 Å². The van der Waals surface area contributed by atoms with E-state index < -0.39 is 0 Å². The van der Waals surface area contributed by atoms with Crippen molar-refractivity contribution in [1.29, 1.82) is 0 Å². The Balaban J connectivity index is 0.000000179. The van der Waals surface area contributed by atoms with Gasteiger partial charge in [-0.15, -0.1) is 0 Å². The highest BCUT2D eigenvalue weighted by Gasteiger charge is 2.45. The lowest BCUT2D eigenvalue weighted by Gasteiger charge is -2.33. The molecule has 1 aliphatic carbocycles. The Kier molecular flexibility index (Phi) is 6.69. The fourth-order valence-electron chi connectivity index (χ4n) is 5.94. The van der Waals surface area contributed by atoms with Crippen LogP contribution in [0.5, 0.6) is 0 Å². The lowest BCUT2D eigenvalue weighted by molar-refractivity contribution is 0.768. The summed E-state index contributed by atoms with van der Waals surface area (Å²) in [6.45, 7) is 4.28. The first-order valence-electron chi connectivity index (χ1n) is 13.6. The van der Waals surface area contributed by atoms with E-state index in [9.17, 15) is 0 Å². The van der Waals surface area contributed by atoms with Gasteiger partial charge in [0.15, 0.2) is 0 Å². The summed E-state index contributed by atoms with van der Waals surface area (Å²) < 4.78 is 0. The van der Waals surface area contributed by atoms with Crippen molar-refractivity contribution in [2.45, 2.75) is 19.3 Å². The molecule has 0 heteroatoms. The van der Waals surface area contributed by atoms with Gasteiger partial charge in [-0.05, 0) is 58.4 Å². The Labute approximate surface area is 232 Å². The van der Waals surface area contributed by atoms with Crippen LogP contribution in [0.3, 0.4) is 0 Å². The second-order valence-corrected chi connectivity index (χ2v) is 10.3. The standard InChI is InChI=1S/C26H20.C13H12/c1-19-16-17-25-23(18-19)22-14-8-9-15-24(22)26(25,20-10-4-2-5-11-20)21-12-6-3-7-13-21;1-11-7-9-13(10-8-11)12-5-3-2-4-6-12/h2-18H,1H3;2-10H,1H3. The summed E-state index contributed by atoms with van der Waals surface area (Å²) in [6, 6.07) is 56.6. The summed E-state index contributed by atoms with van der Waals surface area (Å²) in [4.78, 5) is 0. The van der Waals surface area contributed by atoms with E-state index in [1.54, 1.807) is 0 Å². The molecule has 39 heavy (non-hydrogen) atoms. The molecule has 6 aromatic carbocycles. The molecule has 0 saturated carbocycles. The van der Waals surface area contributed by atoms with Gasteiger partial charge in [0.1, 0.15) is 0 Å². The molecule has 0 amide bonds. The maximum Gasteiger partial charge on any atom is 0.0713 e. The number of rotatable bonds is 3. The smallest absolute Gasteiger partial charge is 0.0622 e. The summed E-state index contributed by atoms with van der Waals surface area (Å²) in [5.74, 6) is 0. The van der Waals surface area contributed by atoms with Crippen molar-refractivity contribution in [3.63, 3.8) is 0 Å². The van der Waals surface area contributed by atoms with Crippen molar-refractivity contribution in [3.8, 4) is 22.3 Å². The van der Waals surface area contributed by atoms with Gasteiger partial charge < -0.3 is 0 Å². The minimum Gasteiger partial charge on any atom is -0.0622 e. The third kappa shape index (κ3) is 4.49. The fraction of sp³-hybridized carbons (Fsp3) is 0.0769. The van der Waals surface area contributed by atoms with E-state index in [1.165, 1.54) is 55.6 Å². The molecular weight excluding hydrogens is 468 g/mol. The number of aryl methyl sites for hydroxylation is 2. The molecule has 0 atom stereocenters. The van der Waals surface area contributed by atoms with Gasteiger partial charge >= 0.3 is 0 Å². The summed E-state index contributed by atoms with van der Waals surface area (Å²) in [5.41, 5.74) is 13.0. The first kappa shape index (κ1) is 24.6. The Morgan fingerprint density at radius 1 is 0.359 bits per heavy atom. The normalized spacial score (nSPS) is 12.6. The quantitative estimate of drug-likeness (QED) is 0.226. The Hall–Kier alpha value is -4.68. The second-order valence-electron chi connectivity index (χ2n) is 10.3. The molecule has 0 bridgehead atoms. The molecule has 0 unspecified atom stereocenters. The molecule has 0 aromatic heterocycles. The predicted octanol–water partition coefficient (Wildman–Crippen LogP) is 10.0. The van der Waals surface area contributed by atoms with E-state index in [0.717, 1.165) is 0 Å². The second kappa shape index (κ2) is 10.6. The summed E-state index contributed by atoms with van der Waals surface area (Å²) in [6.07, 6.45) is 0. The first-order valence-corrected chi connectivity index (χ1v) is 13.6. The van der Waals surface area contributed by atoms with Gasteiger partial charge in [-0.2, -0.15) is 0 Å². The highest BCUT2D eigenvalue weighted by atomic mass is 14.5. The topological polar surface area (TPSA) is 0 Å². The molecule has 0 spiro atoms. The largest absolute Gasteiger partial charge is 0.0713 e. The molecule has 0 fully saturated rings. The van der Waals surface area contributed by atoms with Crippen LogP contribution in [0.1, 0.15) is 33.4 Å².